The zero-order valence-corrected chi connectivity index (χ0v) is 15.5. The summed E-state index contributed by atoms with van der Waals surface area (Å²) in [5.74, 6) is -0.205. The number of nitrogens with zero attached hydrogens (tertiary/aromatic N) is 1. The number of benzene rings is 3. The summed E-state index contributed by atoms with van der Waals surface area (Å²) in [6, 6.07) is 23.7. The van der Waals surface area contributed by atoms with E-state index in [2.05, 4.69) is 10.6 Å². The molecule has 0 fully saturated rings. The molecule has 3 aromatic rings. The van der Waals surface area contributed by atoms with Gasteiger partial charge < -0.3 is 10.6 Å². The molecule has 2 N–H and O–H groups in total. The number of rotatable bonds is 7. The second kappa shape index (κ2) is 8.81. The summed E-state index contributed by atoms with van der Waals surface area (Å²) in [4.78, 5) is 23.1. The van der Waals surface area contributed by atoms with Crippen LogP contribution in [0.25, 0.3) is 0 Å². The van der Waals surface area contributed by atoms with Gasteiger partial charge in [0.05, 0.1) is 17.5 Å². The van der Waals surface area contributed by atoms with Gasteiger partial charge in [0, 0.05) is 17.8 Å². The normalized spacial score (nSPS) is 10.5. The predicted molar refractivity (Wildman–Crippen MR) is 109 cm³/mol. The van der Waals surface area contributed by atoms with E-state index in [1.807, 2.05) is 67.6 Å². The van der Waals surface area contributed by atoms with Gasteiger partial charge >= 0.3 is 0 Å². The van der Waals surface area contributed by atoms with Gasteiger partial charge in [0.1, 0.15) is 0 Å². The summed E-state index contributed by atoms with van der Waals surface area (Å²) in [5, 5.41) is 17.0. The van der Waals surface area contributed by atoms with E-state index in [0.717, 1.165) is 16.7 Å². The van der Waals surface area contributed by atoms with Gasteiger partial charge in [-0.05, 0) is 23.6 Å². The topological polar surface area (TPSA) is 84.3 Å². The van der Waals surface area contributed by atoms with E-state index in [0.29, 0.717) is 5.69 Å². The molecule has 0 radical (unpaired) electrons. The van der Waals surface area contributed by atoms with Gasteiger partial charge in [-0.25, -0.2) is 0 Å². The maximum Gasteiger partial charge on any atom is 0.271 e. The van der Waals surface area contributed by atoms with Crippen LogP contribution in [-0.4, -0.2) is 17.4 Å². The number of nitrogens with one attached hydrogen (secondary N) is 2. The third-order valence-corrected chi connectivity index (χ3v) is 4.44. The molecule has 3 aromatic carbocycles. The Hall–Kier alpha value is -3.67. The van der Waals surface area contributed by atoms with Crippen molar-refractivity contribution in [3.05, 3.63) is 106 Å². The van der Waals surface area contributed by atoms with Gasteiger partial charge in [0.2, 0.25) is 5.91 Å². The fourth-order valence-corrected chi connectivity index (χ4v) is 2.95. The van der Waals surface area contributed by atoms with Crippen molar-refractivity contribution < 1.29 is 9.72 Å². The van der Waals surface area contributed by atoms with E-state index in [1.54, 1.807) is 6.07 Å². The van der Waals surface area contributed by atoms with E-state index < -0.39 is 4.92 Å². The molecule has 0 aromatic heterocycles. The molecule has 142 valence electrons. The summed E-state index contributed by atoms with van der Waals surface area (Å²) in [6.45, 7) is 1.85. The summed E-state index contributed by atoms with van der Waals surface area (Å²) in [5.41, 5.74) is 3.35. The van der Waals surface area contributed by atoms with Gasteiger partial charge in [-0.15, -0.1) is 0 Å². The standard InChI is InChI=1S/C22H21N3O3/c1-16-12-13-19(25(27)28)14-20(16)23-15-21(26)24-22(17-8-4-2-5-9-17)18-10-6-3-7-11-18/h2-14,22-23H,15H2,1H3,(H,24,26). The maximum absolute atomic E-state index is 12.6. The molecule has 28 heavy (non-hydrogen) atoms. The van der Waals surface area contributed by atoms with Crippen molar-refractivity contribution in [3.8, 4) is 0 Å². The van der Waals surface area contributed by atoms with Crippen molar-refractivity contribution in [2.45, 2.75) is 13.0 Å². The number of anilines is 1. The Morgan fingerprint density at radius 1 is 0.964 bits per heavy atom. The molecule has 3 rings (SSSR count). The predicted octanol–water partition coefficient (Wildman–Crippen LogP) is 4.22. The van der Waals surface area contributed by atoms with Gasteiger partial charge in [0.15, 0.2) is 0 Å². The zero-order valence-electron chi connectivity index (χ0n) is 15.5. The van der Waals surface area contributed by atoms with Crippen molar-refractivity contribution in [1.82, 2.24) is 5.32 Å². The number of aryl methyl sites for hydroxylation is 1. The third kappa shape index (κ3) is 4.73. The van der Waals surface area contributed by atoms with Crippen LogP contribution < -0.4 is 10.6 Å². The highest BCUT2D eigenvalue weighted by Crippen LogP contribution is 2.23. The second-order valence-corrected chi connectivity index (χ2v) is 6.43. The Morgan fingerprint density at radius 3 is 2.07 bits per heavy atom. The lowest BCUT2D eigenvalue weighted by molar-refractivity contribution is -0.384. The Balaban J connectivity index is 1.73. The van der Waals surface area contributed by atoms with E-state index in [4.69, 9.17) is 0 Å². The summed E-state index contributed by atoms with van der Waals surface area (Å²) in [6.07, 6.45) is 0. The van der Waals surface area contributed by atoms with Gasteiger partial charge in [-0.3, -0.25) is 14.9 Å². The molecule has 0 heterocycles. The van der Waals surface area contributed by atoms with Gasteiger partial charge in [0.25, 0.3) is 5.69 Å². The number of hydrogen-bond donors (Lipinski definition) is 2. The minimum atomic E-state index is -0.453. The number of hydrogen-bond acceptors (Lipinski definition) is 4. The van der Waals surface area contributed by atoms with Gasteiger partial charge in [-0.2, -0.15) is 0 Å². The first kappa shape index (κ1) is 19.1. The molecular weight excluding hydrogens is 354 g/mol. The molecule has 0 atom stereocenters. The lowest BCUT2D eigenvalue weighted by Crippen LogP contribution is -2.34. The van der Waals surface area contributed by atoms with E-state index in [9.17, 15) is 14.9 Å². The Labute approximate surface area is 163 Å². The molecule has 0 aliphatic heterocycles. The van der Waals surface area contributed by atoms with Crippen LogP contribution in [0.4, 0.5) is 11.4 Å². The maximum atomic E-state index is 12.6. The summed E-state index contributed by atoms with van der Waals surface area (Å²) in [7, 11) is 0. The summed E-state index contributed by atoms with van der Waals surface area (Å²) < 4.78 is 0. The van der Waals surface area contributed by atoms with Crippen LogP contribution in [0.3, 0.4) is 0 Å². The molecule has 1 amide bonds. The molecule has 6 nitrogen and oxygen atoms in total. The summed E-state index contributed by atoms with van der Waals surface area (Å²) >= 11 is 0. The average molecular weight is 375 g/mol. The lowest BCUT2D eigenvalue weighted by Gasteiger charge is -2.20. The first-order valence-electron chi connectivity index (χ1n) is 8.93. The molecule has 0 saturated heterocycles. The molecule has 0 bridgehead atoms. The molecule has 0 aliphatic rings. The van der Waals surface area contributed by atoms with Crippen LogP contribution in [0.15, 0.2) is 78.9 Å². The van der Waals surface area contributed by atoms with E-state index >= 15 is 0 Å². The van der Waals surface area contributed by atoms with Crippen LogP contribution >= 0.6 is 0 Å². The smallest absolute Gasteiger partial charge is 0.271 e. The number of non-ortho nitro benzene ring substituents is 1. The number of nitro benzene ring substituents is 1. The van der Waals surface area contributed by atoms with Crippen molar-refractivity contribution in [1.29, 1.82) is 0 Å². The third-order valence-electron chi connectivity index (χ3n) is 4.44. The molecule has 6 heteroatoms. The number of carbonyl (C=O) groups excluding carboxylic acids is 1. The van der Waals surface area contributed by atoms with E-state index in [-0.39, 0.29) is 24.2 Å². The number of nitro groups is 1. The van der Waals surface area contributed by atoms with Crippen LogP contribution in [0.2, 0.25) is 0 Å². The highest BCUT2D eigenvalue weighted by Gasteiger charge is 2.17. The van der Waals surface area contributed by atoms with Crippen LogP contribution in [0, 0.1) is 17.0 Å². The highest BCUT2D eigenvalue weighted by molar-refractivity contribution is 5.82. The minimum Gasteiger partial charge on any atom is -0.376 e. The quantitative estimate of drug-likeness (QED) is 0.478. The second-order valence-electron chi connectivity index (χ2n) is 6.43. The minimum absolute atomic E-state index is 0.0121. The first-order chi connectivity index (χ1) is 13.5. The molecule has 0 aliphatic carbocycles. The Bertz CT molecular complexity index is 920. The molecule has 0 spiro atoms. The SMILES string of the molecule is Cc1ccc([N+](=O)[O-])cc1NCC(=O)NC(c1ccccc1)c1ccccc1. The van der Waals surface area contributed by atoms with E-state index in [1.165, 1.54) is 12.1 Å². The Kier molecular flexibility index (Phi) is 6.01. The average Bonchev–Trinajstić information content (AvgIpc) is 2.72. The Morgan fingerprint density at radius 2 is 1.54 bits per heavy atom. The van der Waals surface area contributed by atoms with Crippen LogP contribution in [-0.2, 0) is 4.79 Å². The lowest BCUT2D eigenvalue weighted by atomic mass is 9.99. The van der Waals surface area contributed by atoms with Crippen LogP contribution in [0.5, 0.6) is 0 Å². The van der Waals surface area contributed by atoms with Gasteiger partial charge in [-0.1, -0.05) is 66.7 Å². The van der Waals surface area contributed by atoms with Crippen molar-refractivity contribution in [2.75, 3.05) is 11.9 Å². The fraction of sp³-hybridized carbons (Fsp3) is 0.136. The molecule has 0 unspecified atom stereocenters. The zero-order chi connectivity index (χ0) is 19.9. The number of carbonyl (C=O) groups is 1. The number of amides is 1. The molecular formula is C22H21N3O3. The van der Waals surface area contributed by atoms with Crippen LogP contribution in [0.1, 0.15) is 22.7 Å². The highest BCUT2D eigenvalue weighted by atomic mass is 16.6. The monoisotopic (exact) mass is 375 g/mol. The van der Waals surface area contributed by atoms with Crippen molar-refractivity contribution in [3.63, 3.8) is 0 Å². The fourth-order valence-electron chi connectivity index (χ4n) is 2.95. The molecule has 0 saturated carbocycles. The van der Waals surface area contributed by atoms with Crippen molar-refractivity contribution in [2.24, 2.45) is 0 Å². The van der Waals surface area contributed by atoms with Crippen molar-refractivity contribution >= 4 is 17.3 Å². The first-order valence-corrected chi connectivity index (χ1v) is 8.93. The largest absolute Gasteiger partial charge is 0.376 e.